The zero-order valence-corrected chi connectivity index (χ0v) is 18.4. The summed E-state index contributed by atoms with van der Waals surface area (Å²) in [5.41, 5.74) is 0.923. The average molecular weight is 453 g/mol. The van der Waals surface area contributed by atoms with E-state index in [1.54, 1.807) is 18.2 Å². The molecule has 1 atom stereocenters. The number of fused-ring (bicyclic) bond motifs is 1. The van der Waals surface area contributed by atoms with E-state index >= 15 is 0 Å². The maximum Gasteiger partial charge on any atom is 0.218 e. The second-order valence-electron chi connectivity index (χ2n) is 7.69. The molecule has 4 rings (SSSR count). The lowest BCUT2D eigenvalue weighted by molar-refractivity contribution is 0.130. The highest BCUT2D eigenvalue weighted by Crippen LogP contribution is 2.34. The van der Waals surface area contributed by atoms with Crippen molar-refractivity contribution in [2.45, 2.75) is 31.4 Å². The van der Waals surface area contributed by atoms with E-state index in [1.807, 2.05) is 17.2 Å². The van der Waals surface area contributed by atoms with Crippen LogP contribution < -0.4 is 9.64 Å². The van der Waals surface area contributed by atoms with Crippen molar-refractivity contribution in [2.75, 3.05) is 30.5 Å². The van der Waals surface area contributed by atoms with Crippen LogP contribution in [0.2, 0.25) is 0 Å². The molecule has 30 heavy (non-hydrogen) atoms. The maximum absolute atomic E-state index is 11.8. The molecule has 1 aliphatic carbocycles. The summed E-state index contributed by atoms with van der Waals surface area (Å²) in [6, 6.07) is 1.74. The third-order valence-corrected chi connectivity index (χ3v) is 7.92. The number of aromatic nitrogens is 2. The minimum Gasteiger partial charge on any atom is -0.474 e. The van der Waals surface area contributed by atoms with E-state index < -0.39 is 19.9 Å². The van der Waals surface area contributed by atoms with Gasteiger partial charge in [-0.25, -0.2) is 31.1 Å². The summed E-state index contributed by atoms with van der Waals surface area (Å²) in [5, 5.41) is 0. The van der Waals surface area contributed by atoms with Gasteiger partial charge in [0, 0.05) is 31.6 Å². The molecule has 3 heterocycles. The van der Waals surface area contributed by atoms with Crippen LogP contribution in [0.4, 0.5) is 5.82 Å². The van der Waals surface area contributed by atoms with Crippen molar-refractivity contribution in [3.63, 3.8) is 0 Å². The average Bonchev–Trinajstić information content (AvgIpc) is 3.10. The van der Waals surface area contributed by atoms with E-state index in [0.717, 1.165) is 5.57 Å². The normalized spacial score (nSPS) is 23.1. The van der Waals surface area contributed by atoms with Crippen LogP contribution in [0.25, 0.3) is 0 Å². The second-order valence-corrected chi connectivity index (χ2v) is 11.7. The van der Waals surface area contributed by atoms with Gasteiger partial charge in [-0.2, -0.15) is 0 Å². The van der Waals surface area contributed by atoms with Gasteiger partial charge in [0.1, 0.15) is 18.2 Å². The van der Waals surface area contributed by atoms with Crippen molar-refractivity contribution in [3.05, 3.63) is 47.3 Å². The lowest BCUT2D eigenvalue weighted by atomic mass is 10.0. The molecule has 0 bridgehead atoms. The van der Waals surface area contributed by atoms with E-state index in [0.29, 0.717) is 49.0 Å². The highest BCUT2D eigenvalue weighted by molar-refractivity contribution is 7.94. The molecule has 1 saturated heterocycles. The summed E-state index contributed by atoms with van der Waals surface area (Å²) in [6.45, 7) is 0.864. The quantitative estimate of drug-likeness (QED) is 0.656. The first-order valence-electron chi connectivity index (χ1n) is 9.63. The molecule has 3 aliphatic rings. The Morgan fingerprint density at radius 3 is 2.50 bits per heavy atom. The lowest BCUT2D eigenvalue weighted by Crippen LogP contribution is -2.41. The van der Waals surface area contributed by atoms with E-state index in [2.05, 4.69) is 9.97 Å². The molecule has 1 aromatic heterocycles. The highest BCUT2D eigenvalue weighted by Gasteiger charge is 2.30. The number of allylic oxidation sites excluding steroid dienone is 1. The van der Waals surface area contributed by atoms with Crippen LogP contribution in [-0.4, -0.2) is 68.9 Å². The summed E-state index contributed by atoms with van der Waals surface area (Å²) in [5.74, 6) is 1.10. The molecule has 0 radical (unpaired) electrons. The number of ether oxygens (including phenoxy) is 1. The Labute approximate surface area is 176 Å². The Balaban J connectivity index is 1.44. The fraction of sp³-hybridized carbons (Fsp3) is 0.474. The first kappa shape index (κ1) is 21.0. The SMILES string of the molecule is CS(=O)(=O)C1=CCC2C(=C1)C=CN2c1cc(OC2CCN(S(C)(=O)=O)CC2)ncn1. The number of hydrogen-bond acceptors (Lipinski definition) is 8. The topological polar surface area (TPSA) is 110 Å². The molecule has 0 aromatic carbocycles. The number of hydrogen-bond donors (Lipinski definition) is 0. The molecule has 162 valence electrons. The minimum atomic E-state index is -3.24. The maximum atomic E-state index is 11.8. The van der Waals surface area contributed by atoms with Crippen LogP contribution in [0.5, 0.6) is 5.88 Å². The number of sulfonamides is 1. The highest BCUT2D eigenvalue weighted by atomic mass is 32.2. The Bertz CT molecular complexity index is 1130. The van der Waals surface area contributed by atoms with Gasteiger partial charge in [0.05, 0.1) is 17.2 Å². The molecule has 0 N–H and O–H groups in total. The van der Waals surface area contributed by atoms with E-state index in [4.69, 9.17) is 4.74 Å². The number of rotatable bonds is 5. The zero-order valence-electron chi connectivity index (χ0n) is 16.8. The van der Waals surface area contributed by atoms with Gasteiger partial charge in [0.25, 0.3) is 0 Å². The predicted octanol–water partition coefficient (Wildman–Crippen LogP) is 1.24. The van der Waals surface area contributed by atoms with Crippen LogP contribution in [0, 0.1) is 0 Å². The van der Waals surface area contributed by atoms with E-state index in [-0.39, 0.29) is 12.1 Å². The molecule has 1 fully saturated rings. The van der Waals surface area contributed by atoms with Crippen LogP contribution in [0.3, 0.4) is 0 Å². The molecule has 1 unspecified atom stereocenters. The van der Waals surface area contributed by atoms with Gasteiger partial charge < -0.3 is 9.64 Å². The van der Waals surface area contributed by atoms with Crippen molar-refractivity contribution in [1.82, 2.24) is 14.3 Å². The van der Waals surface area contributed by atoms with Gasteiger partial charge in [-0.3, -0.25) is 0 Å². The van der Waals surface area contributed by atoms with Crippen LogP contribution in [0.1, 0.15) is 19.3 Å². The molecule has 0 spiro atoms. The number of nitrogens with zero attached hydrogens (tertiary/aromatic N) is 4. The summed E-state index contributed by atoms with van der Waals surface area (Å²) >= 11 is 0. The minimum absolute atomic E-state index is 0.0174. The van der Waals surface area contributed by atoms with Gasteiger partial charge >= 0.3 is 0 Å². The van der Waals surface area contributed by atoms with E-state index in [9.17, 15) is 16.8 Å². The number of sulfone groups is 1. The summed E-state index contributed by atoms with van der Waals surface area (Å²) in [4.78, 5) is 10.9. The summed E-state index contributed by atoms with van der Waals surface area (Å²) in [7, 11) is -6.41. The van der Waals surface area contributed by atoms with Gasteiger partial charge in [0.2, 0.25) is 15.9 Å². The Kier molecular flexibility index (Phi) is 5.45. The molecular weight excluding hydrogens is 428 g/mol. The number of anilines is 1. The van der Waals surface area contributed by atoms with E-state index in [1.165, 1.54) is 23.1 Å². The Morgan fingerprint density at radius 2 is 1.83 bits per heavy atom. The third-order valence-electron chi connectivity index (χ3n) is 5.48. The van der Waals surface area contributed by atoms with Crippen molar-refractivity contribution in [3.8, 4) is 5.88 Å². The largest absolute Gasteiger partial charge is 0.474 e. The van der Waals surface area contributed by atoms with Gasteiger partial charge in [-0.15, -0.1) is 0 Å². The van der Waals surface area contributed by atoms with Crippen molar-refractivity contribution in [2.24, 2.45) is 0 Å². The fourth-order valence-corrected chi connectivity index (χ4v) is 5.49. The zero-order chi connectivity index (χ0) is 21.5. The third kappa shape index (κ3) is 4.42. The van der Waals surface area contributed by atoms with Crippen molar-refractivity contribution < 1.29 is 21.6 Å². The molecular formula is C19H24N4O5S2. The van der Waals surface area contributed by atoms with Gasteiger partial charge in [-0.05, 0) is 37.0 Å². The van der Waals surface area contributed by atoms with Gasteiger partial charge in [0.15, 0.2) is 9.84 Å². The first-order valence-corrected chi connectivity index (χ1v) is 13.4. The fourth-order valence-electron chi connectivity index (χ4n) is 3.87. The smallest absolute Gasteiger partial charge is 0.218 e. The van der Waals surface area contributed by atoms with Crippen molar-refractivity contribution in [1.29, 1.82) is 0 Å². The number of piperidine rings is 1. The molecule has 1 aromatic rings. The van der Waals surface area contributed by atoms with Crippen LogP contribution in [-0.2, 0) is 19.9 Å². The van der Waals surface area contributed by atoms with Crippen molar-refractivity contribution >= 4 is 25.7 Å². The predicted molar refractivity (Wildman–Crippen MR) is 113 cm³/mol. The van der Waals surface area contributed by atoms with Crippen LogP contribution >= 0.6 is 0 Å². The van der Waals surface area contributed by atoms with Gasteiger partial charge in [-0.1, -0.05) is 6.08 Å². The molecule has 9 nitrogen and oxygen atoms in total. The summed E-state index contributed by atoms with van der Waals surface area (Å²) in [6.07, 6.45) is 12.7. The molecule has 0 amide bonds. The Morgan fingerprint density at radius 1 is 1.10 bits per heavy atom. The Hall–Kier alpha value is -2.24. The lowest BCUT2D eigenvalue weighted by Gasteiger charge is -2.30. The summed E-state index contributed by atoms with van der Waals surface area (Å²) < 4.78 is 54.4. The first-order chi connectivity index (χ1) is 14.1. The molecule has 2 aliphatic heterocycles. The standard InChI is InChI=1S/C19H24N4O5S2/c1-29(24,25)16-3-4-17-14(11-16)5-10-23(17)18-12-19(21-13-20-18)28-15-6-8-22(9-7-15)30(2,26)27/h3,5,10-13,15,17H,4,6-9H2,1-2H3. The monoisotopic (exact) mass is 452 g/mol. The molecule has 0 saturated carbocycles. The van der Waals surface area contributed by atoms with Crippen LogP contribution in [0.15, 0.2) is 47.3 Å². The second kappa shape index (κ2) is 7.78. The molecule has 11 heteroatoms.